The van der Waals surface area contributed by atoms with Crippen LogP contribution in [0.15, 0.2) is 0 Å². The van der Waals surface area contributed by atoms with Crippen LogP contribution in [-0.4, -0.2) is 29.7 Å². The third kappa shape index (κ3) is 6.67. The molecule has 2 N–H and O–H groups in total. The molecule has 22 heavy (non-hydrogen) atoms. The second-order valence-electron chi connectivity index (χ2n) is 7.32. The first-order valence-electron chi connectivity index (χ1n) is 8.53. The lowest BCUT2D eigenvalue weighted by Crippen LogP contribution is -2.49. The molecule has 0 aromatic rings. The zero-order chi connectivity index (χ0) is 16.8. The second-order valence-corrected chi connectivity index (χ2v) is 7.32. The Morgan fingerprint density at radius 1 is 1.27 bits per heavy atom. The monoisotopic (exact) mass is 312 g/mol. The minimum absolute atomic E-state index is 0.126. The molecule has 1 fully saturated rings. The number of unbranched alkanes of at least 4 members (excludes halogenated alkanes) is 1. The highest BCUT2D eigenvalue weighted by Crippen LogP contribution is 2.29. The minimum Gasteiger partial charge on any atom is -0.444 e. The number of alkyl carbamates (subject to hydrolysis) is 1. The van der Waals surface area contributed by atoms with Crippen LogP contribution in [0, 0.1) is 5.92 Å². The summed E-state index contributed by atoms with van der Waals surface area (Å²) < 4.78 is 5.17. The molecule has 0 spiro atoms. The van der Waals surface area contributed by atoms with Gasteiger partial charge in [-0.2, -0.15) is 0 Å². The summed E-state index contributed by atoms with van der Waals surface area (Å²) in [5, 5.41) is 5.69. The van der Waals surface area contributed by atoms with Crippen molar-refractivity contribution in [1.82, 2.24) is 10.6 Å². The van der Waals surface area contributed by atoms with Crippen molar-refractivity contribution >= 4 is 12.0 Å². The molecule has 0 radical (unpaired) electrons. The van der Waals surface area contributed by atoms with Crippen molar-refractivity contribution in [3.05, 3.63) is 0 Å². The highest BCUT2D eigenvalue weighted by atomic mass is 16.6. The number of rotatable bonds is 6. The zero-order valence-electron chi connectivity index (χ0n) is 14.7. The zero-order valence-corrected chi connectivity index (χ0v) is 14.7. The lowest BCUT2D eigenvalue weighted by Gasteiger charge is -2.24. The molecule has 1 aliphatic rings. The number of carbonyl (C=O) groups is 2. The molecule has 5 heteroatoms. The lowest BCUT2D eigenvalue weighted by atomic mass is 9.96. The summed E-state index contributed by atoms with van der Waals surface area (Å²) >= 11 is 0. The van der Waals surface area contributed by atoms with Gasteiger partial charge in [0.15, 0.2) is 0 Å². The summed E-state index contributed by atoms with van der Waals surface area (Å²) in [6.07, 6.45) is 6.43. The van der Waals surface area contributed by atoms with E-state index >= 15 is 0 Å². The Hall–Kier alpha value is -1.26. The first-order valence-corrected chi connectivity index (χ1v) is 8.53. The van der Waals surface area contributed by atoms with E-state index in [0.29, 0.717) is 5.92 Å². The van der Waals surface area contributed by atoms with Crippen molar-refractivity contribution in [2.24, 2.45) is 5.92 Å². The Kier molecular flexibility index (Phi) is 7.17. The van der Waals surface area contributed by atoms with Crippen LogP contribution in [0.2, 0.25) is 0 Å². The Balaban J connectivity index is 2.41. The summed E-state index contributed by atoms with van der Waals surface area (Å²) in [6.45, 7) is 9.28. The van der Waals surface area contributed by atoms with Gasteiger partial charge in [-0.3, -0.25) is 4.79 Å². The third-order valence-electron chi connectivity index (χ3n) is 4.04. The summed E-state index contributed by atoms with van der Waals surface area (Å²) in [4.78, 5) is 23.9. The van der Waals surface area contributed by atoms with E-state index in [1.54, 1.807) is 27.7 Å². The molecule has 128 valence electrons. The molecule has 1 aliphatic carbocycles. The van der Waals surface area contributed by atoms with E-state index in [2.05, 4.69) is 17.6 Å². The van der Waals surface area contributed by atoms with Crippen LogP contribution in [0.25, 0.3) is 0 Å². The Labute approximate surface area is 134 Å². The molecule has 0 saturated heterocycles. The third-order valence-corrected chi connectivity index (χ3v) is 4.04. The summed E-state index contributed by atoms with van der Waals surface area (Å²) in [5.41, 5.74) is -0.559. The molecule has 0 heterocycles. The van der Waals surface area contributed by atoms with Crippen LogP contribution >= 0.6 is 0 Å². The first kappa shape index (κ1) is 18.8. The van der Waals surface area contributed by atoms with Gasteiger partial charge in [0.2, 0.25) is 5.91 Å². The highest BCUT2D eigenvalue weighted by Gasteiger charge is 2.29. The number of hydrogen-bond acceptors (Lipinski definition) is 3. The molecule has 0 aliphatic heterocycles. The standard InChI is InChI=1S/C17H32N2O3/c1-6-7-9-13-10-8-11-14(13)19-15(20)12(2)18-16(21)22-17(3,4)5/h12-14H,6-11H2,1-5H3,(H,18,21)(H,19,20)/t12-,13?,14?/m1/s1. The second kappa shape index (κ2) is 8.39. The van der Waals surface area contributed by atoms with Gasteiger partial charge in [0.1, 0.15) is 11.6 Å². The molecule has 1 rings (SSSR count). The summed E-state index contributed by atoms with van der Waals surface area (Å²) in [7, 11) is 0. The van der Waals surface area contributed by atoms with E-state index in [0.717, 1.165) is 6.42 Å². The fourth-order valence-corrected chi connectivity index (χ4v) is 2.90. The molecule has 2 amide bonds. The Morgan fingerprint density at radius 3 is 2.55 bits per heavy atom. The molecular weight excluding hydrogens is 280 g/mol. The van der Waals surface area contributed by atoms with Gasteiger partial charge in [-0.25, -0.2) is 4.79 Å². The maximum Gasteiger partial charge on any atom is 0.408 e. The smallest absolute Gasteiger partial charge is 0.408 e. The van der Waals surface area contributed by atoms with Crippen LogP contribution in [0.5, 0.6) is 0 Å². The first-order chi connectivity index (χ1) is 10.2. The van der Waals surface area contributed by atoms with Crippen LogP contribution in [-0.2, 0) is 9.53 Å². The molecule has 0 aromatic heterocycles. The Morgan fingerprint density at radius 2 is 1.95 bits per heavy atom. The van der Waals surface area contributed by atoms with Crippen molar-refractivity contribution in [2.75, 3.05) is 0 Å². The average molecular weight is 312 g/mol. The largest absolute Gasteiger partial charge is 0.444 e. The number of ether oxygens (including phenoxy) is 1. The van der Waals surface area contributed by atoms with E-state index in [9.17, 15) is 9.59 Å². The van der Waals surface area contributed by atoms with Crippen molar-refractivity contribution in [1.29, 1.82) is 0 Å². The molecule has 5 nitrogen and oxygen atoms in total. The fraction of sp³-hybridized carbons (Fsp3) is 0.882. The van der Waals surface area contributed by atoms with Crippen LogP contribution in [0.1, 0.15) is 73.1 Å². The average Bonchev–Trinajstić information content (AvgIpc) is 2.81. The van der Waals surface area contributed by atoms with Gasteiger partial charge < -0.3 is 15.4 Å². The quantitative estimate of drug-likeness (QED) is 0.790. The van der Waals surface area contributed by atoms with E-state index in [-0.39, 0.29) is 11.9 Å². The van der Waals surface area contributed by atoms with Crippen LogP contribution < -0.4 is 10.6 Å². The van der Waals surface area contributed by atoms with E-state index in [1.165, 1.54) is 32.1 Å². The van der Waals surface area contributed by atoms with Gasteiger partial charge in [0, 0.05) is 6.04 Å². The predicted octanol–water partition coefficient (Wildman–Crippen LogP) is 3.37. The van der Waals surface area contributed by atoms with Gasteiger partial charge in [-0.1, -0.05) is 26.2 Å². The van der Waals surface area contributed by atoms with Gasteiger partial charge >= 0.3 is 6.09 Å². The Bertz CT molecular complexity index is 377. The predicted molar refractivity (Wildman–Crippen MR) is 87.6 cm³/mol. The maximum atomic E-state index is 12.2. The van der Waals surface area contributed by atoms with Gasteiger partial charge in [-0.05, 0) is 52.9 Å². The minimum atomic E-state index is -0.581. The summed E-state index contributed by atoms with van der Waals surface area (Å²) in [5.74, 6) is 0.455. The van der Waals surface area contributed by atoms with Crippen molar-refractivity contribution in [2.45, 2.75) is 90.8 Å². The molecule has 0 bridgehead atoms. The lowest BCUT2D eigenvalue weighted by molar-refractivity contribution is -0.123. The SMILES string of the molecule is CCCCC1CCCC1NC(=O)[C@@H](C)NC(=O)OC(C)(C)C. The van der Waals surface area contributed by atoms with Crippen LogP contribution in [0.3, 0.4) is 0 Å². The maximum absolute atomic E-state index is 12.2. The number of amides is 2. The van der Waals surface area contributed by atoms with E-state index < -0.39 is 17.7 Å². The van der Waals surface area contributed by atoms with Crippen molar-refractivity contribution in [3.63, 3.8) is 0 Å². The molecule has 3 atom stereocenters. The molecule has 1 saturated carbocycles. The van der Waals surface area contributed by atoms with Crippen LogP contribution in [0.4, 0.5) is 4.79 Å². The number of carbonyl (C=O) groups excluding carboxylic acids is 2. The van der Waals surface area contributed by atoms with E-state index in [4.69, 9.17) is 4.74 Å². The van der Waals surface area contributed by atoms with Crippen molar-refractivity contribution < 1.29 is 14.3 Å². The van der Waals surface area contributed by atoms with Gasteiger partial charge in [-0.15, -0.1) is 0 Å². The van der Waals surface area contributed by atoms with E-state index in [1.807, 2.05) is 0 Å². The topological polar surface area (TPSA) is 67.4 Å². The molecular formula is C17H32N2O3. The fourth-order valence-electron chi connectivity index (χ4n) is 2.90. The number of nitrogens with one attached hydrogen (secondary N) is 2. The summed E-state index contributed by atoms with van der Waals surface area (Å²) in [6, 6.07) is -0.329. The highest BCUT2D eigenvalue weighted by molar-refractivity contribution is 5.85. The number of hydrogen-bond donors (Lipinski definition) is 2. The molecule has 2 unspecified atom stereocenters. The normalized spacial score (nSPS) is 23.0. The molecule has 0 aromatic carbocycles. The van der Waals surface area contributed by atoms with Gasteiger partial charge in [0.25, 0.3) is 0 Å². The van der Waals surface area contributed by atoms with Crippen molar-refractivity contribution in [3.8, 4) is 0 Å². The van der Waals surface area contributed by atoms with Gasteiger partial charge in [0.05, 0.1) is 0 Å².